The fraction of sp³-hybridized carbons (Fsp3) is 0.778. The van der Waals surface area contributed by atoms with Crippen molar-refractivity contribution in [1.29, 1.82) is 0 Å². The number of hydrogen-bond donors (Lipinski definition) is 1. The summed E-state index contributed by atoms with van der Waals surface area (Å²) in [5, 5.41) is 12.2. The van der Waals surface area contributed by atoms with E-state index in [0.29, 0.717) is 12.0 Å². The summed E-state index contributed by atoms with van der Waals surface area (Å²) >= 11 is 0. The number of aliphatic hydroxyl groups is 1. The first-order chi connectivity index (χ1) is 17.6. The molecule has 11 nitrogen and oxygen atoms in total. The van der Waals surface area contributed by atoms with E-state index in [1.54, 1.807) is 33.8 Å². The van der Waals surface area contributed by atoms with E-state index in [9.17, 15) is 24.3 Å². The van der Waals surface area contributed by atoms with Crippen LogP contribution in [0.5, 0.6) is 0 Å². The van der Waals surface area contributed by atoms with Crippen LogP contribution >= 0.6 is 0 Å². The van der Waals surface area contributed by atoms with Gasteiger partial charge in [-0.1, -0.05) is 13.8 Å². The molecule has 1 N–H and O–H groups in total. The highest BCUT2D eigenvalue weighted by atomic mass is 16.7. The van der Waals surface area contributed by atoms with Gasteiger partial charge in [-0.3, -0.25) is 14.4 Å². The Morgan fingerprint density at radius 3 is 2.26 bits per heavy atom. The number of hydrogen-bond acceptors (Lipinski definition) is 11. The standard InChI is InChI=1S/C27H36O11/c1-8-20(30)35-16-10-15(33-13(3)28)12(2)9-19-27(26(7,38-27)23(32)36-19)22(31)21-24(16,5)17(34-14(4)29)11-18-25(21,6)37-18/h9,15-19,21-22,31H,8,10-11H2,1-7H3. The molecule has 0 radical (unpaired) electrons. The smallest absolute Gasteiger partial charge is 0.342 e. The first kappa shape index (κ1) is 27.1. The van der Waals surface area contributed by atoms with Gasteiger partial charge in [-0.25, -0.2) is 4.79 Å². The SMILES string of the molecule is CCC(=O)OC1CC(OC(C)=O)C(C)=CC2OC(=O)C3(C)OC23C(O)C2C3(C)OC3CC(OC(C)=O)C12C. The maximum absolute atomic E-state index is 12.9. The van der Waals surface area contributed by atoms with Gasteiger partial charge in [0.25, 0.3) is 0 Å². The van der Waals surface area contributed by atoms with Crippen molar-refractivity contribution in [1.82, 2.24) is 0 Å². The number of epoxide rings is 2. The average molecular weight is 537 g/mol. The van der Waals surface area contributed by atoms with Crippen molar-refractivity contribution in [2.75, 3.05) is 0 Å². The molecule has 0 aromatic heterocycles. The Kier molecular flexibility index (Phi) is 6.06. The average Bonchev–Trinajstić information content (AvgIpc) is 3.66. The summed E-state index contributed by atoms with van der Waals surface area (Å²) in [6, 6.07) is 0. The fourth-order valence-corrected chi connectivity index (χ4v) is 7.34. The number of carbonyl (C=O) groups excluding carboxylic acids is 4. The van der Waals surface area contributed by atoms with Crippen LogP contribution in [0, 0.1) is 11.3 Å². The van der Waals surface area contributed by atoms with Gasteiger partial charge in [-0.15, -0.1) is 0 Å². The molecule has 0 aromatic carbocycles. The number of rotatable bonds is 4. The Hall–Kier alpha value is -2.50. The van der Waals surface area contributed by atoms with Crippen LogP contribution in [0.25, 0.3) is 0 Å². The van der Waals surface area contributed by atoms with Gasteiger partial charge in [-0.2, -0.15) is 0 Å². The summed E-state index contributed by atoms with van der Waals surface area (Å²) in [4.78, 5) is 50.1. The number of ether oxygens (including phenoxy) is 6. The van der Waals surface area contributed by atoms with Crippen LogP contribution in [-0.4, -0.2) is 82.4 Å². The second-order valence-electron chi connectivity index (χ2n) is 11.7. The lowest BCUT2D eigenvalue weighted by atomic mass is 9.53. The molecule has 0 aromatic rings. The molecule has 5 aliphatic rings. The van der Waals surface area contributed by atoms with Gasteiger partial charge in [0.15, 0.2) is 17.3 Å². The predicted molar refractivity (Wildman–Crippen MR) is 127 cm³/mol. The zero-order valence-corrected chi connectivity index (χ0v) is 22.8. The third kappa shape index (κ3) is 3.57. The maximum Gasteiger partial charge on any atom is 0.342 e. The Bertz CT molecular complexity index is 1120. The molecular formula is C27H36O11. The van der Waals surface area contributed by atoms with Gasteiger partial charge in [0.1, 0.15) is 18.3 Å². The highest BCUT2D eigenvalue weighted by molar-refractivity contribution is 5.89. The molecule has 3 saturated heterocycles. The summed E-state index contributed by atoms with van der Waals surface area (Å²) in [5.74, 6) is -3.03. The van der Waals surface area contributed by atoms with Gasteiger partial charge in [0.2, 0.25) is 0 Å². The van der Waals surface area contributed by atoms with Gasteiger partial charge >= 0.3 is 23.9 Å². The molecule has 2 aliphatic carbocycles. The Morgan fingerprint density at radius 2 is 1.68 bits per heavy atom. The molecular weight excluding hydrogens is 500 g/mol. The van der Waals surface area contributed by atoms with Crippen molar-refractivity contribution >= 4 is 23.9 Å². The molecule has 11 heteroatoms. The van der Waals surface area contributed by atoms with Crippen molar-refractivity contribution in [2.24, 2.45) is 11.3 Å². The van der Waals surface area contributed by atoms with Gasteiger partial charge in [0.05, 0.1) is 23.2 Å². The second-order valence-corrected chi connectivity index (χ2v) is 11.7. The molecule has 11 unspecified atom stereocenters. The molecule has 3 heterocycles. The van der Waals surface area contributed by atoms with Gasteiger partial charge in [-0.05, 0) is 32.4 Å². The molecule has 11 atom stereocenters. The molecule has 4 fully saturated rings. The lowest BCUT2D eigenvalue weighted by Crippen LogP contribution is -2.66. The third-order valence-corrected chi connectivity index (χ3v) is 9.49. The minimum Gasteiger partial charge on any atom is -0.462 e. The van der Waals surface area contributed by atoms with E-state index < -0.39 is 82.5 Å². The van der Waals surface area contributed by atoms with E-state index >= 15 is 0 Å². The molecule has 5 rings (SSSR count). The van der Waals surface area contributed by atoms with Crippen LogP contribution < -0.4 is 0 Å². The van der Waals surface area contributed by atoms with Crippen molar-refractivity contribution in [2.45, 2.75) is 121 Å². The van der Waals surface area contributed by atoms with E-state index in [-0.39, 0.29) is 18.9 Å². The Balaban J connectivity index is 1.73. The Labute approximate surface area is 221 Å². The minimum absolute atomic E-state index is 0.0255. The van der Waals surface area contributed by atoms with Crippen LogP contribution in [-0.2, 0) is 47.6 Å². The van der Waals surface area contributed by atoms with Gasteiger partial charge < -0.3 is 33.5 Å². The molecule has 3 aliphatic heterocycles. The highest BCUT2D eigenvalue weighted by Gasteiger charge is 2.88. The van der Waals surface area contributed by atoms with Crippen molar-refractivity contribution < 1.29 is 52.7 Å². The predicted octanol–water partition coefficient (Wildman–Crippen LogP) is 1.52. The van der Waals surface area contributed by atoms with Crippen molar-refractivity contribution in [3.63, 3.8) is 0 Å². The first-order valence-corrected chi connectivity index (χ1v) is 13.1. The van der Waals surface area contributed by atoms with E-state index in [0.717, 1.165) is 0 Å². The minimum atomic E-state index is -1.47. The van der Waals surface area contributed by atoms with Crippen LogP contribution in [0.3, 0.4) is 0 Å². The van der Waals surface area contributed by atoms with Crippen molar-refractivity contribution in [3.8, 4) is 0 Å². The summed E-state index contributed by atoms with van der Waals surface area (Å²) < 4.78 is 35.4. The monoisotopic (exact) mass is 536 g/mol. The van der Waals surface area contributed by atoms with Crippen molar-refractivity contribution in [3.05, 3.63) is 11.6 Å². The number of esters is 4. The Morgan fingerprint density at radius 1 is 1.05 bits per heavy atom. The lowest BCUT2D eigenvalue weighted by Gasteiger charge is -2.53. The molecule has 1 saturated carbocycles. The summed E-state index contributed by atoms with van der Waals surface area (Å²) in [6.07, 6.45) is -3.25. The second kappa shape index (κ2) is 8.50. The molecule has 0 bridgehead atoms. The molecule has 0 amide bonds. The van der Waals surface area contributed by atoms with E-state index in [4.69, 9.17) is 28.4 Å². The third-order valence-electron chi connectivity index (χ3n) is 9.49. The van der Waals surface area contributed by atoms with Crippen LogP contribution in [0.4, 0.5) is 0 Å². The fourth-order valence-electron chi connectivity index (χ4n) is 7.34. The number of fused-ring (bicyclic) bond motifs is 3. The molecule has 38 heavy (non-hydrogen) atoms. The molecule has 1 spiro atoms. The topological polar surface area (TPSA) is 150 Å². The number of aliphatic hydroxyl groups excluding tert-OH is 1. The van der Waals surface area contributed by atoms with E-state index in [1.807, 2.05) is 6.92 Å². The lowest BCUT2D eigenvalue weighted by molar-refractivity contribution is -0.209. The maximum atomic E-state index is 12.9. The quantitative estimate of drug-likeness (QED) is 0.241. The van der Waals surface area contributed by atoms with Gasteiger partial charge in [0, 0.05) is 39.0 Å². The largest absolute Gasteiger partial charge is 0.462 e. The normalized spacial score (nSPS) is 48.6. The van der Waals surface area contributed by atoms with Crippen LogP contribution in [0.2, 0.25) is 0 Å². The van der Waals surface area contributed by atoms with Crippen LogP contribution in [0.1, 0.15) is 67.7 Å². The van der Waals surface area contributed by atoms with E-state index in [2.05, 4.69) is 0 Å². The highest BCUT2D eigenvalue weighted by Crippen LogP contribution is 2.69. The zero-order chi connectivity index (χ0) is 28.0. The van der Waals surface area contributed by atoms with E-state index in [1.165, 1.54) is 13.8 Å². The first-order valence-electron chi connectivity index (χ1n) is 13.1. The summed E-state index contributed by atoms with van der Waals surface area (Å²) in [7, 11) is 0. The summed E-state index contributed by atoms with van der Waals surface area (Å²) in [6.45, 7) is 11.2. The van der Waals surface area contributed by atoms with Crippen LogP contribution in [0.15, 0.2) is 11.6 Å². The molecule has 210 valence electrons. The zero-order valence-electron chi connectivity index (χ0n) is 22.8. The number of carbonyl (C=O) groups is 4. The summed E-state index contributed by atoms with van der Waals surface area (Å²) in [5.41, 5.74) is -4.47.